The topological polar surface area (TPSA) is 83.0 Å². The number of carboxylic acids is 1. The van der Waals surface area contributed by atoms with Gasteiger partial charge in [0.25, 0.3) is 5.88 Å². The lowest BCUT2D eigenvalue weighted by Crippen LogP contribution is -2.02. The zero-order chi connectivity index (χ0) is 7.56. The van der Waals surface area contributed by atoms with E-state index in [1.807, 2.05) is 0 Å². The van der Waals surface area contributed by atoms with E-state index in [1.54, 1.807) is 0 Å². The van der Waals surface area contributed by atoms with Gasteiger partial charge >= 0.3 is 5.97 Å². The van der Waals surface area contributed by atoms with Crippen LogP contribution in [0, 0.1) is 0 Å². The van der Waals surface area contributed by atoms with Gasteiger partial charge in [0.2, 0.25) is 5.82 Å². The van der Waals surface area contributed by atoms with E-state index >= 15 is 0 Å². The van der Waals surface area contributed by atoms with Crippen molar-refractivity contribution in [2.24, 2.45) is 0 Å². The van der Waals surface area contributed by atoms with Crippen LogP contribution >= 0.6 is 0 Å². The molecule has 1 N–H and O–H groups in total. The Bertz CT molecular complexity index is 261. The second-order valence-corrected chi connectivity index (χ2v) is 1.52. The molecule has 51 valence electrons. The van der Waals surface area contributed by atoms with E-state index < -0.39 is 17.7 Å². The van der Waals surface area contributed by atoms with E-state index in [1.165, 1.54) is 0 Å². The van der Waals surface area contributed by atoms with Crippen molar-refractivity contribution in [3.63, 3.8) is 0 Å². The third kappa shape index (κ3) is 1.19. The highest BCUT2D eigenvalue weighted by molar-refractivity contribution is 5.83. The lowest BCUT2D eigenvalue weighted by Gasteiger charge is -1.88. The Balaban J connectivity index is 3.07. The molecular weight excluding hydrogens is 136 g/mol. The van der Waals surface area contributed by atoms with E-state index in [2.05, 4.69) is 9.97 Å². The third-order valence-corrected chi connectivity index (χ3v) is 0.821. The number of aromatic carboxylic acids is 1. The summed E-state index contributed by atoms with van der Waals surface area (Å²) in [7, 11) is 0. The Labute approximate surface area is 56.0 Å². The van der Waals surface area contributed by atoms with Crippen LogP contribution in [0.15, 0.2) is 12.3 Å². The van der Waals surface area contributed by atoms with Crippen LogP contribution in [-0.4, -0.2) is 21.0 Å². The molecule has 0 aliphatic rings. The summed E-state index contributed by atoms with van der Waals surface area (Å²) in [6, 6.07) is 1.09. The van der Waals surface area contributed by atoms with Gasteiger partial charge in [0, 0.05) is 12.3 Å². The molecule has 1 aromatic rings. The highest BCUT2D eigenvalue weighted by atomic mass is 16.4. The number of aromatic nitrogens is 2. The largest absolute Gasteiger partial charge is 0.475 e. The van der Waals surface area contributed by atoms with Gasteiger partial charge in [0.15, 0.2) is 0 Å². The molecule has 0 spiro atoms. The van der Waals surface area contributed by atoms with Gasteiger partial charge in [-0.25, -0.2) is 9.78 Å². The molecule has 0 saturated heterocycles. The predicted octanol–water partition coefficient (Wildman–Crippen LogP) is 0.319. The van der Waals surface area contributed by atoms with Crippen LogP contribution in [0.4, 0.5) is 0 Å². The smallest absolute Gasteiger partial charge is 0.374 e. The Kier molecular flexibility index (Phi) is 1.49. The zero-order valence-corrected chi connectivity index (χ0v) is 4.81. The van der Waals surface area contributed by atoms with Crippen molar-refractivity contribution in [3.8, 4) is 5.88 Å². The number of carbonyl (C=O) groups is 1. The minimum absolute atomic E-state index is 0.465. The summed E-state index contributed by atoms with van der Waals surface area (Å²) in [4.78, 5) is 16.5. The molecule has 0 amide bonds. The number of hydrogen-bond donors (Lipinski definition) is 1. The summed E-state index contributed by atoms with van der Waals surface area (Å²) in [5.41, 5.74) is 0. The van der Waals surface area contributed by atoms with Crippen LogP contribution in [0.3, 0.4) is 0 Å². The van der Waals surface area contributed by atoms with Crippen molar-refractivity contribution in [2.45, 2.75) is 0 Å². The number of rotatable bonds is 1. The van der Waals surface area contributed by atoms with E-state index in [4.69, 9.17) is 5.11 Å². The van der Waals surface area contributed by atoms with Crippen LogP contribution < -0.4 is 0 Å². The van der Waals surface area contributed by atoms with Gasteiger partial charge in [-0.2, -0.15) is 4.98 Å². The lowest BCUT2D eigenvalue weighted by molar-refractivity contribution is 0.0681. The van der Waals surface area contributed by atoms with E-state index in [0.717, 1.165) is 12.3 Å². The highest BCUT2D eigenvalue weighted by Gasteiger charge is 2.05. The quantitative estimate of drug-likeness (QED) is 0.607. The van der Waals surface area contributed by atoms with Gasteiger partial charge in [-0.15, -0.1) is 0 Å². The van der Waals surface area contributed by atoms with Crippen molar-refractivity contribution in [1.82, 2.24) is 9.97 Å². The summed E-state index contributed by atoms with van der Waals surface area (Å²) in [6.45, 7) is 0. The fraction of sp³-hybridized carbons (Fsp3) is 0. The Morgan fingerprint density at radius 1 is 1.60 bits per heavy atom. The van der Waals surface area contributed by atoms with Crippen molar-refractivity contribution < 1.29 is 15.0 Å². The van der Waals surface area contributed by atoms with E-state index in [0.29, 0.717) is 0 Å². The third-order valence-electron chi connectivity index (χ3n) is 0.821. The molecule has 1 heterocycles. The fourth-order valence-corrected chi connectivity index (χ4v) is 0.445. The Morgan fingerprint density at radius 3 is 2.70 bits per heavy atom. The minimum atomic E-state index is -1.29. The molecule has 1 aromatic heterocycles. The SMILES string of the molecule is [O]c1ccnc(C(=O)O)n1. The first-order valence-corrected chi connectivity index (χ1v) is 2.43. The molecule has 1 radical (unpaired) electrons. The summed E-state index contributed by atoms with van der Waals surface area (Å²) < 4.78 is 0. The minimum Gasteiger partial charge on any atom is -0.475 e. The number of carboxylic acid groups (broad SMARTS) is 1. The molecule has 0 unspecified atom stereocenters. The van der Waals surface area contributed by atoms with Crippen LogP contribution in [0.2, 0.25) is 0 Å². The standard InChI is InChI=1S/C5H3N2O3/c8-3-1-2-6-4(7-3)5(9)10/h1-2H,(H,9,10). The van der Waals surface area contributed by atoms with Gasteiger partial charge in [-0.1, -0.05) is 0 Å². The average molecular weight is 139 g/mol. The Hall–Kier alpha value is -1.65. The van der Waals surface area contributed by atoms with Gasteiger partial charge in [0.05, 0.1) is 0 Å². The molecule has 5 heteroatoms. The highest BCUT2D eigenvalue weighted by Crippen LogP contribution is 2.01. The van der Waals surface area contributed by atoms with Crippen molar-refractivity contribution in [2.75, 3.05) is 0 Å². The number of hydrogen-bond acceptors (Lipinski definition) is 3. The molecule has 0 saturated carbocycles. The molecule has 0 aliphatic carbocycles. The lowest BCUT2D eigenvalue weighted by atomic mass is 10.5. The van der Waals surface area contributed by atoms with Crippen LogP contribution in [0.25, 0.3) is 0 Å². The molecule has 0 atom stereocenters. The molecule has 5 nitrogen and oxygen atoms in total. The molecule has 10 heavy (non-hydrogen) atoms. The van der Waals surface area contributed by atoms with Crippen LogP contribution in [-0.2, 0) is 5.11 Å². The normalized spacial score (nSPS) is 9.20. The second-order valence-electron chi connectivity index (χ2n) is 1.52. The summed E-state index contributed by atoms with van der Waals surface area (Å²) in [5, 5.41) is 18.6. The molecule has 1 rings (SSSR count). The first-order chi connectivity index (χ1) is 4.70. The number of nitrogens with zero attached hydrogens (tertiary/aromatic N) is 2. The van der Waals surface area contributed by atoms with E-state index in [-0.39, 0.29) is 0 Å². The van der Waals surface area contributed by atoms with Crippen LogP contribution in [0.1, 0.15) is 10.6 Å². The summed E-state index contributed by atoms with van der Waals surface area (Å²) in [5.74, 6) is -2.35. The molecule has 0 aromatic carbocycles. The maximum absolute atomic E-state index is 10.4. The summed E-state index contributed by atoms with van der Waals surface area (Å²) >= 11 is 0. The van der Waals surface area contributed by atoms with Crippen LogP contribution in [0.5, 0.6) is 5.88 Å². The average Bonchev–Trinajstić information content (AvgIpc) is 1.88. The van der Waals surface area contributed by atoms with Crippen molar-refractivity contribution in [3.05, 3.63) is 18.1 Å². The van der Waals surface area contributed by atoms with Gasteiger partial charge in [-0.05, 0) is 0 Å². The Morgan fingerprint density at radius 2 is 2.30 bits per heavy atom. The fourth-order valence-electron chi connectivity index (χ4n) is 0.445. The van der Waals surface area contributed by atoms with E-state index in [9.17, 15) is 9.90 Å². The summed E-state index contributed by atoms with van der Waals surface area (Å²) in [6.07, 6.45) is 1.11. The zero-order valence-electron chi connectivity index (χ0n) is 4.81. The molecule has 0 bridgehead atoms. The molecular formula is C5H3N2O3. The monoisotopic (exact) mass is 139 g/mol. The maximum Gasteiger partial charge on any atom is 0.374 e. The van der Waals surface area contributed by atoms with Gasteiger partial charge in [-0.3, -0.25) is 5.11 Å². The van der Waals surface area contributed by atoms with Gasteiger partial charge in [0.1, 0.15) is 0 Å². The first-order valence-electron chi connectivity index (χ1n) is 2.43. The van der Waals surface area contributed by atoms with Crippen molar-refractivity contribution >= 4 is 5.97 Å². The molecule has 0 aliphatic heterocycles. The van der Waals surface area contributed by atoms with Gasteiger partial charge < -0.3 is 5.11 Å². The first kappa shape index (κ1) is 6.47. The second kappa shape index (κ2) is 2.30. The maximum atomic E-state index is 10.4. The predicted molar refractivity (Wildman–Crippen MR) is 29.1 cm³/mol. The molecule has 0 fully saturated rings. The van der Waals surface area contributed by atoms with Crippen molar-refractivity contribution in [1.29, 1.82) is 0 Å².